The van der Waals surface area contributed by atoms with Gasteiger partial charge in [0.15, 0.2) is 0 Å². The minimum Gasteiger partial charge on any atom is -0.488 e. The fourth-order valence-electron chi connectivity index (χ4n) is 2.74. The summed E-state index contributed by atoms with van der Waals surface area (Å²) in [5.41, 5.74) is 2.68. The first-order valence-corrected chi connectivity index (χ1v) is 9.36. The summed E-state index contributed by atoms with van der Waals surface area (Å²) in [5.74, 6) is -0.999. The highest BCUT2D eigenvalue weighted by atomic mass is 35.5. The standard InChI is InChI=1S/C23H16ClF3O4/c24-19-7-1-15(2-8-19)14-30-21-11-5-17(13-18(21)6-12-22(28)29)16-3-9-20(10-4-16)31-23(25,26)27/h1-13H,14H2,(H,28,29)/b12-6+. The van der Waals surface area contributed by atoms with Crippen molar-refractivity contribution < 1.29 is 32.5 Å². The van der Waals surface area contributed by atoms with Crippen molar-refractivity contribution in [2.45, 2.75) is 13.0 Å². The molecule has 0 fully saturated rings. The predicted octanol–water partition coefficient (Wildman–Crippen LogP) is 6.58. The van der Waals surface area contributed by atoms with Gasteiger partial charge in [-0.2, -0.15) is 0 Å². The van der Waals surface area contributed by atoms with Crippen molar-refractivity contribution in [2.75, 3.05) is 0 Å². The highest BCUT2D eigenvalue weighted by molar-refractivity contribution is 6.30. The number of ether oxygens (including phenoxy) is 2. The monoisotopic (exact) mass is 448 g/mol. The molecule has 0 heterocycles. The van der Waals surface area contributed by atoms with Crippen LogP contribution in [0.1, 0.15) is 11.1 Å². The van der Waals surface area contributed by atoms with Crippen LogP contribution in [0.5, 0.6) is 11.5 Å². The molecule has 160 valence electrons. The molecule has 0 unspecified atom stereocenters. The summed E-state index contributed by atoms with van der Waals surface area (Å²) in [5, 5.41) is 9.57. The third-order valence-corrected chi connectivity index (χ3v) is 4.40. The van der Waals surface area contributed by atoms with Gasteiger partial charge < -0.3 is 14.6 Å². The van der Waals surface area contributed by atoms with Gasteiger partial charge >= 0.3 is 12.3 Å². The Kier molecular flexibility index (Phi) is 6.87. The van der Waals surface area contributed by atoms with Crippen LogP contribution in [0.25, 0.3) is 17.2 Å². The normalized spacial score (nSPS) is 11.5. The Balaban J connectivity index is 1.84. The van der Waals surface area contributed by atoms with Crippen molar-refractivity contribution in [2.24, 2.45) is 0 Å². The van der Waals surface area contributed by atoms with E-state index in [0.29, 0.717) is 27.5 Å². The highest BCUT2D eigenvalue weighted by Crippen LogP contribution is 2.31. The number of carboxylic acids is 1. The molecule has 0 amide bonds. The molecule has 0 aliphatic carbocycles. The van der Waals surface area contributed by atoms with E-state index >= 15 is 0 Å². The van der Waals surface area contributed by atoms with E-state index in [-0.39, 0.29) is 12.4 Å². The quantitative estimate of drug-likeness (QED) is 0.415. The van der Waals surface area contributed by atoms with Crippen LogP contribution in [0.4, 0.5) is 13.2 Å². The van der Waals surface area contributed by atoms with Gasteiger partial charge in [-0.1, -0.05) is 41.9 Å². The van der Waals surface area contributed by atoms with E-state index in [1.54, 1.807) is 30.3 Å². The van der Waals surface area contributed by atoms with Gasteiger partial charge in [0, 0.05) is 16.7 Å². The Morgan fingerprint density at radius 2 is 1.61 bits per heavy atom. The van der Waals surface area contributed by atoms with E-state index in [2.05, 4.69) is 4.74 Å². The lowest BCUT2D eigenvalue weighted by Gasteiger charge is -2.12. The van der Waals surface area contributed by atoms with Crippen molar-refractivity contribution in [3.05, 3.63) is 89.0 Å². The first kappa shape index (κ1) is 22.2. The van der Waals surface area contributed by atoms with Crippen LogP contribution in [0.2, 0.25) is 5.02 Å². The number of hydrogen-bond acceptors (Lipinski definition) is 3. The molecule has 3 aromatic rings. The van der Waals surface area contributed by atoms with Crippen LogP contribution in [0.3, 0.4) is 0 Å². The Morgan fingerprint density at radius 1 is 0.968 bits per heavy atom. The summed E-state index contributed by atoms with van der Waals surface area (Å²) in [7, 11) is 0. The highest BCUT2D eigenvalue weighted by Gasteiger charge is 2.30. The summed E-state index contributed by atoms with van der Waals surface area (Å²) in [6.45, 7) is 0.244. The van der Waals surface area contributed by atoms with Gasteiger partial charge in [-0.05, 0) is 59.2 Å². The fourth-order valence-corrected chi connectivity index (χ4v) is 2.87. The SMILES string of the molecule is O=C(O)/C=C/c1cc(-c2ccc(OC(F)(F)F)cc2)ccc1OCc1ccc(Cl)cc1. The Morgan fingerprint density at radius 3 is 2.23 bits per heavy atom. The number of hydrogen-bond donors (Lipinski definition) is 1. The molecule has 0 aliphatic rings. The van der Waals surface area contributed by atoms with E-state index in [4.69, 9.17) is 21.4 Å². The molecule has 1 N–H and O–H groups in total. The number of halogens is 4. The van der Waals surface area contributed by atoms with Crippen molar-refractivity contribution in [3.8, 4) is 22.6 Å². The van der Waals surface area contributed by atoms with E-state index in [9.17, 15) is 18.0 Å². The molecule has 8 heteroatoms. The molecule has 0 radical (unpaired) electrons. The zero-order valence-corrected chi connectivity index (χ0v) is 16.7. The predicted molar refractivity (Wildman–Crippen MR) is 111 cm³/mol. The van der Waals surface area contributed by atoms with Crippen molar-refractivity contribution in [1.82, 2.24) is 0 Å². The molecular weight excluding hydrogens is 433 g/mol. The second-order valence-corrected chi connectivity index (χ2v) is 6.85. The van der Waals surface area contributed by atoms with E-state index < -0.39 is 12.3 Å². The number of benzene rings is 3. The van der Waals surface area contributed by atoms with Gasteiger partial charge in [0.1, 0.15) is 18.1 Å². The Bertz CT molecular complexity index is 1080. The molecule has 3 aromatic carbocycles. The molecule has 0 aromatic heterocycles. The molecule has 0 bridgehead atoms. The van der Waals surface area contributed by atoms with E-state index in [1.165, 1.54) is 30.3 Å². The van der Waals surface area contributed by atoms with Gasteiger partial charge in [0.25, 0.3) is 0 Å². The minimum absolute atomic E-state index is 0.244. The molecule has 4 nitrogen and oxygen atoms in total. The molecule has 0 atom stereocenters. The number of alkyl halides is 3. The summed E-state index contributed by atoms with van der Waals surface area (Å²) < 4.78 is 46.7. The number of carbonyl (C=O) groups is 1. The van der Waals surface area contributed by atoms with Crippen LogP contribution in [-0.4, -0.2) is 17.4 Å². The number of carboxylic acid groups (broad SMARTS) is 1. The maximum absolute atomic E-state index is 12.3. The summed E-state index contributed by atoms with van der Waals surface area (Å²) in [4.78, 5) is 11.0. The van der Waals surface area contributed by atoms with Gasteiger partial charge in [-0.25, -0.2) is 4.79 Å². The van der Waals surface area contributed by atoms with Crippen LogP contribution < -0.4 is 9.47 Å². The second-order valence-electron chi connectivity index (χ2n) is 6.41. The lowest BCUT2D eigenvalue weighted by molar-refractivity contribution is -0.274. The molecule has 0 saturated heterocycles. The third-order valence-electron chi connectivity index (χ3n) is 4.14. The molecule has 0 aliphatic heterocycles. The average Bonchev–Trinajstić information content (AvgIpc) is 2.71. The maximum atomic E-state index is 12.3. The van der Waals surface area contributed by atoms with Gasteiger partial charge in [-0.3, -0.25) is 0 Å². The van der Waals surface area contributed by atoms with Gasteiger partial charge in [0.2, 0.25) is 0 Å². The average molecular weight is 449 g/mol. The molecule has 0 spiro atoms. The maximum Gasteiger partial charge on any atom is 0.573 e. The van der Waals surface area contributed by atoms with E-state index in [0.717, 1.165) is 11.6 Å². The van der Waals surface area contributed by atoms with Gasteiger partial charge in [-0.15, -0.1) is 13.2 Å². The zero-order chi connectivity index (χ0) is 22.4. The number of aliphatic carboxylic acids is 1. The lowest BCUT2D eigenvalue weighted by Crippen LogP contribution is -2.16. The largest absolute Gasteiger partial charge is 0.573 e. The smallest absolute Gasteiger partial charge is 0.488 e. The molecule has 3 rings (SSSR count). The van der Waals surface area contributed by atoms with Crippen LogP contribution in [0.15, 0.2) is 72.8 Å². The first-order chi connectivity index (χ1) is 14.7. The topological polar surface area (TPSA) is 55.8 Å². The molecular formula is C23H16ClF3O4. The third kappa shape index (κ3) is 6.79. The number of rotatable bonds is 7. The second kappa shape index (κ2) is 9.57. The van der Waals surface area contributed by atoms with Crippen LogP contribution in [-0.2, 0) is 11.4 Å². The fraction of sp³-hybridized carbons (Fsp3) is 0.0870. The first-order valence-electron chi connectivity index (χ1n) is 8.98. The lowest BCUT2D eigenvalue weighted by atomic mass is 10.0. The van der Waals surface area contributed by atoms with Crippen LogP contribution in [0, 0.1) is 0 Å². The summed E-state index contributed by atoms with van der Waals surface area (Å²) >= 11 is 5.87. The van der Waals surface area contributed by atoms with E-state index in [1.807, 2.05) is 12.1 Å². The Labute approximate surface area is 181 Å². The van der Waals surface area contributed by atoms with Crippen molar-refractivity contribution in [3.63, 3.8) is 0 Å². The molecule has 31 heavy (non-hydrogen) atoms. The molecule has 0 saturated carbocycles. The summed E-state index contributed by atoms with van der Waals surface area (Å²) in [6.07, 6.45) is -2.39. The van der Waals surface area contributed by atoms with Crippen molar-refractivity contribution in [1.29, 1.82) is 0 Å². The summed E-state index contributed by atoms with van der Waals surface area (Å²) in [6, 6.07) is 17.6. The Hall–Kier alpha value is -3.45. The van der Waals surface area contributed by atoms with Crippen LogP contribution >= 0.6 is 11.6 Å². The van der Waals surface area contributed by atoms with Gasteiger partial charge in [0.05, 0.1) is 0 Å². The zero-order valence-electron chi connectivity index (χ0n) is 15.9. The van der Waals surface area contributed by atoms with Crippen molar-refractivity contribution >= 4 is 23.6 Å². The minimum atomic E-state index is -4.76.